The van der Waals surface area contributed by atoms with E-state index < -0.39 is 47.1 Å². The number of alkyl halides is 3. The summed E-state index contributed by atoms with van der Waals surface area (Å²) in [5.74, 6) is -1.45. The number of aliphatic hydroxyl groups is 1. The zero-order valence-corrected chi connectivity index (χ0v) is 22.3. The first-order chi connectivity index (χ1) is 17.3. The summed E-state index contributed by atoms with van der Waals surface area (Å²) in [6, 6.07) is 0. The minimum absolute atomic E-state index is 0.0668. The van der Waals surface area contributed by atoms with E-state index in [1.54, 1.807) is 37.4 Å². The van der Waals surface area contributed by atoms with E-state index in [9.17, 15) is 27.9 Å². The lowest BCUT2D eigenvalue weighted by Gasteiger charge is -2.23. The van der Waals surface area contributed by atoms with Crippen molar-refractivity contribution in [1.82, 2.24) is 24.4 Å². The third-order valence-corrected chi connectivity index (χ3v) is 8.39. The largest absolute Gasteiger partial charge is 0.449 e. The number of imidazole rings is 1. The van der Waals surface area contributed by atoms with Crippen molar-refractivity contribution >= 4 is 50.8 Å². The Hall–Kier alpha value is -2.14. The lowest BCUT2D eigenvalue weighted by atomic mass is 10.0. The predicted octanol–water partition coefficient (Wildman–Crippen LogP) is 3.04. The summed E-state index contributed by atoms with van der Waals surface area (Å²) in [5.41, 5.74) is -0.0558. The van der Waals surface area contributed by atoms with Gasteiger partial charge < -0.3 is 19.5 Å². The number of nitrogens with one attached hydrogen (secondary N) is 1. The second kappa shape index (κ2) is 12.1. The normalized spacial score (nSPS) is 20.8. The van der Waals surface area contributed by atoms with Crippen LogP contribution in [-0.2, 0) is 14.3 Å². The van der Waals surface area contributed by atoms with Crippen molar-refractivity contribution in [2.75, 3.05) is 26.6 Å². The van der Waals surface area contributed by atoms with Gasteiger partial charge in [0.15, 0.2) is 11.2 Å². The molecular formula is C21H29F3N6O5S2. The SMILES string of the molecule is CN(C)C=Nc1nc2c(ncn2[C@H]2CC(OCSSC(C)(C)CCC(=O)C(F)(F)F)[C@@H](CO)O2)c(=O)[nH]1. The van der Waals surface area contributed by atoms with Crippen molar-refractivity contribution in [3.05, 3.63) is 16.7 Å². The lowest BCUT2D eigenvalue weighted by Crippen LogP contribution is -2.28. The van der Waals surface area contributed by atoms with E-state index in [0.29, 0.717) is 6.42 Å². The molecule has 1 fully saturated rings. The third-order valence-electron chi connectivity index (χ3n) is 5.39. The summed E-state index contributed by atoms with van der Waals surface area (Å²) in [6.45, 7) is 3.22. The zero-order valence-electron chi connectivity index (χ0n) is 20.7. The van der Waals surface area contributed by atoms with Crippen LogP contribution in [0, 0.1) is 0 Å². The van der Waals surface area contributed by atoms with Crippen LogP contribution < -0.4 is 5.56 Å². The van der Waals surface area contributed by atoms with Crippen molar-refractivity contribution in [1.29, 1.82) is 0 Å². The van der Waals surface area contributed by atoms with Gasteiger partial charge in [0.25, 0.3) is 5.56 Å². The second-order valence-electron chi connectivity index (χ2n) is 9.17. The number of aliphatic hydroxyl groups excluding tert-OH is 1. The van der Waals surface area contributed by atoms with Gasteiger partial charge >= 0.3 is 6.18 Å². The van der Waals surface area contributed by atoms with E-state index in [1.165, 1.54) is 34.3 Å². The van der Waals surface area contributed by atoms with Crippen molar-refractivity contribution in [2.45, 2.75) is 62.5 Å². The summed E-state index contributed by atoms with van der Waals surface area (Å²) < 4.78 is 50.2. The van der Waals surface area contributed by atoms with E-state index in [0.717, 1.165) is 0 Å². The molecule has 2 aromatic rings. The molecule has 11 nitrogen and oxygen atoms in total. The standard InChI is InChI=1S/C21H29F3N6O5S2/c1-20(2,6-5-14(32)21(22,23)24)37-36-11-34-12-7-15(35-13(12)8-31)30-10-25-16-17(30)27-19(28-18(16)33)26-9-29(3)4/h9-10,12-13,15,31H,5-8,11H2,1-4H3,(H,27,28,33)/t12?,13-,15-/m1/s1. The fourth-order valence-electron chi connectivity index (χ4n) is 3.46. The number of hydrogen-bond acceptors (Lipinski definition) is 10. The highest BCUT2D eigenvalue weighted by Crippen LogP contribution is 2.40. The molecule has 0 bridgehead atoms. The number of halogens is 3. The molecule has 0 aromatic carbocycles. The van der Waals surface area contributed by atoms with Gasteiger partial charge in [-0.3, -0.25) is 19.1 Å². The van der Waals surface area contributed by atoms with Gasteiger partial charge in [0, 0.05) is 31.7 Å². The number of rotatable bonds is 12. The molecule has 0 aliphatic carbocycles. The van der Waals surface area contributed by atoms with E-state index >= 15 is 0 Å². The maximum atomic E-state index is 12.4. The number of aromatic nitrogens is 4. The number of nitrogens with zero attached hydrogens (tertiary/aromatic N) is 5. The zero-order chi connectivity index (χ0) is 27.4. The minimum atomic E-state index is -4.82. The minimum Gasteiger partial charge on any atom is -0.394 e. The number of hydrogen-bond donors (Lipinski definition) is 2. The van der Waals surface area contributed by atoms with Gasteiger partial charge in [-0.25, -0.2) is 9.98 Å². The van der Waals surface area contributed by atoms with Crippen molar-refractivity contribution in [3.8, 4) is 0 Å². The van der Waals surface area contributed by atoms with Crippen LogP contribution in [0.1, 0.15) is 39.3 Å². The Labute approximate surface area is 218 Å². The third kappa shape index (κ3) is 7.92. The monoisotopic (exact) mass is 566 g/mol. The molecule has 0 radical (unpaired) electrons. The van der Waals surface area contributed by atoms with Crippen LogP contribution in [0.4, 0.5) is 19.1 Å². The number of ether oxygens (including phenoxy) is 2. The highest BCUT2D eigenvalue weighted by atomic mass is 33.1. The second-order valence-corrected chi connectivity index (χ2v) is 12.1. The first-order valence-electron chi connectivity index (χ1n) is 11.3. The van der Waals surface area contributed by atoms with Crippen molar-refractivity contribution < 1.29 is 32.5 Å². The predicted molar refractivity (Wildman–Crippen MR) is 135 cm³/mol. The topological polar surface area (TPSA) is 135 Å². The molecule has 1 aliphatic heterocycles. The maximum absolute atomic E-state index is 12.4. The quantitative estimate of drug-likeness (QED) is 0.130. The van der Waals surface area contributed by atoms with Crippen LogP contribution in [0.2, 0.25) is 0 Å². The van der Waals surface area contributed by atoms with Gasteiger partial charge in [-0.15, -0.1) is 0 Å². The Morgan fingerprint density at radius 1 is 1.43 bits per heavy atom. The summed E-state index contributed by atoms with van der Waals surface area (Å²) in [7, 11) is 6.17. The average Bonchev–Trinajstić information content (AvgIpc) is 3.42. The van der Waals surface area contributed by atoms with Crippen LogP contribution in [0.25, 0.3) is 11.2 Å². The van der Waals surface area contributed by atoms with Crippen LogP contribution in [0.5, 0.6) is 0 Å². The molecule has 0 spiro atoms. The first-order valence-corrected chi connectivity index (χ1v) is 13.6. The van der Waals surface area contributed by atoms with Crippen molar-refractivity contribution in [2.24, 2.45) is 4.99 Å². The summed E-state index contributed by atoms with van der Waals surface area (Å²) in [5, 5.41) is 9.79. The van der Waals surface area contributed by atoms with Gasteiger partial charge in [0.2, 0.25) is 11.7 Å². The molecular weight excluding hydrogens is 537 g/mol. The lowest BCUT2D eigenvalue weighted by molar-refractivity contribution is -0.171. The van der Waals surface area contributed by atoms with Crippen molar-refractivity contribution in [3.63, 3.8) is 0 Å². The van der Waals surface area contributed by atoms with E-state index in [2.05, 4.69) is 19.9 Å². The molecule has 1 unspecified atom stereocenters. The number of Topliss-reactive ketones (excluding diaryl/α,β-unsaturated/α-hetero) is 1. The van der Waals surface area contributed by atoms with Gasteiger partial charge in [-0.1, -0.05) is 21.6 Å². The number of aromatic amines is 1. The van der Waals surface area contributed by atoms with Gasteiger partial charge in [0.1, 0.15) is 18.3 Å². The Morgan fingerprint density at radius 3 is 2.81 bits per heavy atom. The van der Waals surface area contributed by atoms with Crippen LogP contribution in [0.3, 0.4) is 0 Å². The molecule has 3 atom stereocenters. The fraction of sp³-hybridized carbons (Fsp3) is 0.667. The van der Waals surface area contributed by atoms with Gasteiger partial charge in [0.05, 0.1) is 25.4 Å². The average molecular weight is 567 g/mol. The molecule has 1 aliphatic rings. The highest BCUT2D eigenvalue weighted by molar-refractivity contribution is 8.77. The molecule has 2 N–H and O–H groups in total. The number of carbonyl (C=O) groups excluding carboxylic acids is 1. The van der Waals surface area contributed by atoms with Crippen LogP contribution >= 0.6 is 21.6 Å². The molecule has 1 saturated heterocycles. The van der Waals surface area contributed by atoms with E-state index in [1.807, 2.05) is 0 Å². The Morgan fingerprint density at radius 2 is 2.16 bits per heavy atom. The number of aliphatic imine (C=N–C) groups is 1. The molecule has 16 heteroatoms. The molecule has 0 amide bonds. The van der Waals surface area contributed by atoms with Gasteiger partial charge in [-0.2, -0.15) is 18.2 Å². The molecule has 37 heavy (non-hydrogen) atoms. The Kier molecular flexibility index (Phi) is 9.66. The molecule has 0 saturated carbocycles. The smallest absolute Gasteiger partial charge is 0.394 e. The van der Waals surface area contributed by atoms with Crippen LogP contribution in [-0.4, -0.2) is 91.4 Å². The number of carbonyl (C=O) groups is 1. The molecule has 206 valence electrons. The molecule has 2 aromatic heterocycles. The molecule has 3 heterocycles. The summed E-state index contributed by atoms with van der Waals surface area (Å²) >= 11 is 0. The van der Waals surface area contributed by atoms with Gasteiger partial charge in [-0.05, 0) is 20.3 Å². The molecule has 3 rings (SSSR count). The Bertz CT molecular complexity index is 1170. The first kappa shape index (κ1) is 29.4. The number of fused-ring (bicyclic) bond motifs is 1. The number of ketones is 1. The highest BCUT2D eigenvalue weighted by Gasteiger charge is 2.39. The van der Waals surface area contributed by atoms with E-state index in [-0.39, 0.29) is 36.1 Å². The van der Waals surface area contributed by atoms with Crippen LogP contribution in [0.15, 0.2) is 16.1 Å². The van der Waals surface area contributed by atoms with E-state index in [4.69, 9.17) is 9.47 Å². The maximum Gasteiger partial charge on any atom is 0.449 e. The fourth-order valence-corrected chi connectivity index (χ4v) is 5.76. The number of H-pyrrole nitrogens is 1. The Balaban J connectivity index is 1.59. The summed E-state index contributed by atoms with van der Waals surface area (Å²) in [4.78, 5) is 40.4. The summed E-state index contributed by atoms with van der Waals surface area (Å²) in [6.07, 6.45) is -3.78.